The summed E-state index contributed by atoms with van der Waals surface area (Å²) < 4.78 is 6.63. The first-order chi connectivity index (χ1) is 11.0. The molecule has 0 fully saturated rings. The van der Waals surface area contributed by atoms with Crippen LogP contribution in [0.5, 0.6) is 5.75 Å². The van der Waals surface area contributed by atoms with Gasteiger partial charge in [-0.05, 0) is 65.2 Å². The van der Waals surface area contributed by atoms with Gasteiger partial charge in [0.05, 0.1) is 16.1 Å². The van der Waals surface area contributed by atoms with Crippen molar-refractivity contribution in [2.75, 3.05) is 0 Å². The Balaban J connectivity index is 1.88. The zero-order chi connectivity index (χ0) is 16.8. The molecular weight excluding hydrogens is 358 g/mol. The minimum atomic E-state index is -0.905. The van der Waals surface area contributed by atoms with Crippen LogP contribution in [-0.2, 0) is 13.1 Å². The second-order valence-corrected chi connectivity index (χ2v) is 6.39. The summed E-state index contributed by atoms with van der Waals surface area (Å²) in [6, 6.07) is 12.9. The molecule has 0 heterocycles. The Morgan fingerprint density at radius 3 is 2.30 bits per heavy atom. The number of carboxylic acid groups (broad SMARTS) is 1. The van der Waals surface area contributed by atoms with E-state index in [4.69, 9.17) is 9.84 Å². The lowest BCUT2D eigenvalue weighted by molar-refractivity contribution is 0.0697. The molecule has 122 valence electrons. The van der Waals surface area contributed by atoms with Crippen molar-refractivity contribution in [1.29, 1.82) is 0 Å². The summed E-state index contributed by atoms with van der Waals surface area (Å²) in [6.45, 7) is 5.40. The summed E-state index contributed by atoms with van der Waals surface area (Å²) in [7, 11) is 0. The van der Waals surface area contributed by atoms with Gasteiger partial charge in [-0.2, -0.15) is 0 Å². The smallest absolute Gasteiger partial charge is 0.335 e. The van der Waals surface area contributed by atoms with Crippen LogP contribution in [0.15, 0.2) is 46.9 Å². The van der Waals surface area contributed by atoms with Gasteiger partial charge in [-0.25, -0.2) is 4.79 Å². The molecule has 0 unspecified atom stereocenters. The number of benzene rings is 2. The van der Waals surface area contributed by atoms with Crippen molar-refractivity contribution in [3.05, 3.63) is 63.6 Å². The van der Waals surface area contributed by atoms with Crippen molar-refractivity contribution >= 4 is 21.9 Å². The van der Waals surface area contributed by atoms with E-state index in [1.165, 1.54) is 0 Å². The lowest BCUT2D eigenvalue weighted by Gasteiger charge is -2.13. The van der Waals surface area contributed by atoms with Gasteiger partial charge >= 0.3 is 5.97 Å². The Bertz CT molecular complexity index is 668. The van der Waals surface area contributed by atoms with Crippen LogP contribution in [0.2, 0.25) is 0 Å². The van der Waals surface area contributed by atoms with Crippen LogP contribution >= 0.6 is 15.9 Å². The predicted octanol–water partition coefficient (Wildman–Crippen LogP) is 4.22. The average Bonchev–Trinajstić information content (AvgIpc) is 2.50. The summed E-state index contributed by atoms with van der Waals surface area (Å²) in [4.78, 5) is 10.8. The first-order valence-corrected chi connectivity index (χ1v) is 8.23. The van der Waals surface area contributed by atoms with Gasteiger partial charge in [-0.15, -0.1) is 0 Å². The van der Waals surface area contributed by atoms with Crippen LogP contribution in [0.3, 0.4) is 0 Å². The standard InChI is InChI=1S/C18H20BrNO3/c1-12(2)23-17-8-5-14(9-16(17)19)11-20-10-13-3-6-15(7-4-13)18(21)22/h3-9,12,20H,10-11H2,1-2H3,(H,21,22). The van der Waals surface area contributed by atoms with Crippen molar-refractivity contribution in [2.45, 2.75) is 33.0 Å². The molecule has 0 saturated carbocycles. The molecule has 4 nitrogen and oxygen atoms in total. The van der Waals surface area contributed by atoms with E-state index in [1.807, 2.05) is 44.2 Å². The zero-order valence-corrected chi connectivity index (χ0v) is 14.8. The third-order valence-corrected chi connectivity index (χ3v) is 3.84. The number of carbonyl (C=O) groups is 1. The Labute approximate surface area is 144 Å². The lowest BCUT2D eigenvalue weighted by atomic mass is 10.1. The van der Waals surface area contributed by atoms with Gasteiger partial charge in [0.25, 0.3) is 0 Å². The Kier molecular flexibility index (Phi) is 6.19. The maximum absolute atomic E-state index is 10.8. The number of ether oxygens (including phenoxy) is 1. The minimum absolute atomic E-state index is 0.143. The van der Waals surface area contributed by atoms with E-state index in [2.05, 4.69) is 21.2 Å². The fraction of sp³-hybridized carbons (Fsp3) is 0.278. The summed E-state index contributed by atoms with van der Waals surface area (Å²) >= 11 is 3.53. The highest BCUT2D eigenvalue weighted by molar-refractivity contribution is 9.10. The average molecular weight is 378 g/mol. The van der Waals surface area contributed by atoms with Gasteiger partial charge in [0.15, 0.2) is 0 Å². The SMILES string of the molecule is CC(C)Oc1ccc(CNCc2ccc(C(=O)O)cc2)cc1Br. The van der Waals surface area contributed by atoms with Gasteiger partial charge < -0.3 is 15.2 Å². The molecule has 0 radical (unpaired) electrons. The molecule has 5 heteroatoms. The fourth-order valence-corrected chi connectivity index (χ4v) is 2.64. The maximum atomic E-state index is 10.8. The molecule has 0 bridgehead atoms. The molecule has 0 aliphatic carbocycles. The molecule has 0 aromatic heterocycles. The van der Waals surface area contributed by atoms with Crippen LogP contribution in [0, 0.1) is 0 Å². The monoisotopic (exact) mass is 377 g/mol. The first-order valence-electron chi connectivity index (χ1n) is 7.43. The number of hydrogen-bond acceptors (Lipinski definition) is 3. The molecule has 0 atom stereocenters. The van der Waals surface area contributed by atoms with Gasteiger partial charge in [-0.1, -0.05) is 18.2 Å². The largest absolute Gasteiger partial charge is 0.490 e. The van der Waals surface area contributed by atoms with Crippen LogP contribution < -0.4 is 10.1 Å². The van der Waals surface area contributed by atoms with Crippen molar-refractivity contribution < 1.29 is 14.6 Å². The van der Waals surface area contributed by atoms with E-state index in [9.17, 15) is 4.79 Å². The zero-order valence-electron chi connectivity index (χ0n) is 13.2. The first kappa shape index (κ1) is 17.5. The second-order valence-electron chi connectivity index (χ2n) is 5.54. The Morgan fingerprint density at radius 1 is 1.13 bits per heavy atom. The third-order valence-electron chi connectivity index (χ3n) is 3.22. The van der Waals surface area contributed by atoms with Gasteiger partial charge in [0, 0.05) is 13.1 Å². The molecule has 2 N–H and O–H groups in total. The molecule has 0 amide bonds. The molecule has 2 rings (SSSR count). The lowest BCUT2D eigenvalue weighted by Crippen LogP contribution is -2.13. The fourth-order valence-electron chi connectivity index (χ4n) is 2.12. The van der Waals surface area contributed by atoms with E-state index >= 15 is 0 Å². The van der Waals surface area contributed by atoms with Crippen LogP contribution in [0.4, 0.5) is 0 Å². The molecule has 0 aliphatic rings. The van der Waals surface area contributed by atoms with E-state index in [0.717, 1.165) is 27.9 Å². The van der Waals surface area contributed by atoms with Crippen molar-refractivity contribution in [3.63, 3.8) is 0 Å². The van der Waals surface area contributed by atoms with E-state index in [-0.39, 0.29) is 6.10 Å². The predicted molar refractivity (Wildman–Crippen MR) is 93.9 cm³/mol. The number of hydrogen-bond donors (Lipinski definition) is 2. The molecule has 0 aliphatic heterocycles. The quantitative estimate of drug-likeness (QED) is 0.757. The van der Waals surface area contributed by atoms with Crippen LogP contribution in [-0.4, -0.2) is 17.2 Å². The summed E-state index contributed by atoms with van der Waals surface area (Å²) in [5, 5.41) is 12.2. The number of carboxylic acids is 1. The highest BCUT2D eigenvalue weighted by Crippen LogP contribution is 2.26. The maximum Gasteiger partial charge on any atom is 0.335 e. The van der Waals surface area contributed by atoms with E-state index < -0.39 is 5.97 Å². The highest BCUT2D eigenvalue weighted by atomic mass is 79.9. The Hall–Kier alpha value is -1.85. The van der Waals surface area contributed by atoms with Crippen LogP contribution in [0.1, 0.15) is 35.3 Å². The normalized spacial score (nSPS) is 10.8. The number of rotatable bonds is 7. The second kappa shape index (κ2) is 8.13. The van der Waals surface area contributed by atoms with E-state index in [1.54, 1.807) is 12.1 Å². The molecule has 2 aromatic carbocycles. The van der Waals surface area contributed by atoms with Gasteiger partial charge in [0.2, 0.25) is 0 Å². The number of aromatic carboxylic acids is 1. The minimum Gasteiger partial charge on any atom is -0.490 e. The van der Waals surface area contributed by atoms with Gasteiger partial charge in [0.1, 0.15) is 5.75 Å². The Morgan fingerprint density at radius 2 is 1.74 bits per heavy atom. The molecule has 0 spiro atoms. The van der Waals surface area contributed by atoms with Crippen molar-refractivity contribution in [1.82, 2.24) is 5.32 Å². The molecule has 23 heavy (non-hydrogen) atoms. The molecule has 0 saturated heterocycles. The van der Waals surface area contributed by atoms with Crippen molar-refractivity contribution in [3.8, 4) is 5.75 Å². The third kappa shape index (κ3) is 5.37. The highest BCUT2D eigenvalue weighted by Gasteiger charge is 2.05. The number of halogens is 1. The number of nitrogens with one attached hydrogen (secondary N) is 1. The van der Waals surface area contributed by atoms with Crippen molar-refractivity contribution in [2.24, 2.45) is 0 Å². The molecule has 2 aromatic rings. The molecular formula is C18H20BrNO3. The summed E-state index contributed by atoms with van der Waals surface area (Å²) in [5.41, 5.74) is 2.50. The summed E-state index contributed by atoms with van der Waals surface area (Å²) in [5.74, 6) is -0.0638. The van der Waals surface area contributed by atoms with Gasteiger partial charge in [-0.3, -0.25) is 0 Å². The van der Waals surface area contributed by atoms with Crippen LogP contribution in [0.25, 0.3) is 0 Å². The summed E-state index contributed by atoms with van der Waals surface area (Å²) in [6.07, 6.45) is 0.143. The van der Waals surface area contributed by atoms with E-state index in [0.29, 0.717) is 12.1 Å². The topological polar surface area (TPSA) is 58.6 Å².